The number of hydrogen-bond acceptors (Lipinski definition) is 3. The van der Waals surface area contributed by atoms with E-state index < -0.39 is 0 Å². The molecule has 0 unspecified atom stereocenters. The van der Waals surface area contributed by atoms with Gasteiger partial charge in [-0.15, -0.1) is 0 Å². The molecule has 1 heterocycles. The molecule has 4 heteroatoms. The van der Waals surface area contributed by atoms with E-state index in [1.165, 1.54) is 11.1 Å². The fraction of sp³-hybridized carbons (Fsp3) is 0.0909. The van der Waals surface area contributed by atoms with E-state index in [1.54, 1.807) is 24.7 Å². The molecule has 0 fully saturated rings. The lowest BCUT2D eigenvalue weighted by Crippen LogP contribution is -2.02. The van der Waals surface area contributed by atoms with Crippen LogP contribution in [0.1, 0.15) is 52.9 Å². The van der Waals surface area contributed by atoms with Gasteiger partial charge in [0.25, 0.3) is 0 Å². The van der Waals surface area contributed by atoms with Crippen molar-refractivity contribution >= 4 is 28.9 Å². The number of para-hydroxylation sites is 1. The Balaban J connectivity index is 1.93. The number of nitrogens with two attached hydrogens (primary N) is 3. The van der Waals surface area contributed by atoms with Crippen LogP contribution >= 0.6 is 0 Å². The minimum absolute atomic E-state index is 0.885. The normalized spacial score (nSPS) is 13.2. The van der Waals surface area contributed by atoms with Crippen LogP contribution < -0.4 is 17.2 Å². The third kappa shape index (κ3) is 7.19. The summed E-state index contributed by atoms with van der Waals surface area (Å²) in [6.07, 6.45) is 18.5. The Morgan fingerprint density at radius 1 is 0.729 bits per heavy atom. The summed E-state index contributed by atoms with van der Waals surface area (Å²) >= 11 is 0. The molecule has 242 valence electrons. The van der Waals surface area contributed by atoms with Crippen LogP contribution in [-0.4, -0.2) is 4.57 Å². The van der Waals surface area contributed by atoms with Crippen LogP contribution in [0.3, 0.4) is 0 Å². The first kappa shape index (κ1) is 34.9. The molecule has 0 amide bonds. The van der Waals surface area contributed by atoms with E-state index in [2.05, 4.69) is 124 Å². The van der Waals surface area contributed by atoms with E-state index >= 15 is 0 Å². The van der Waals surface area contributed by atoms with Gasteiger partial charge in [-0.2, -0.15) is 0 Å². The van der Waals surface area contributed by atoms with Gasteiger partial charge in [0, 0.05) is 23.7 Å². The van der Waals surface area contributed by atoms with Crippen molar-refractivity contribution in [3.63, 3.8) is 0 Å². The zero-order chi connectivity index (χ0) is 34.8. The second-order valence-electron chi connectivity index (χ2n) is 11.4. The number of benzene rings is 3. The van der Waals surface area contributed by atoms with Gasteiger partial charge in [-0.1, -0.05) is 98.6 Å². The molecule has 4 aromatic rings. The van der Waals surface area contributed by atoms with E-state index in [0.717, 1.165) is 72.8 Å². The molecular formula is C44H46N4. The summed E-state index contributed by atoms with van der Waals surface area (Å²) in [5.74, 6) is 0. The third-order valence-corrected chi connectivity index (χ3v) is 8.70. The molecule has 0 aliphatic rings. The van der Waals surface area contributed by atoms with Crippen LogP contribution in [0.5, 0.6) is 0 Å². The lowest BCUT2D eigenvalue weighted by atomic mass is 9.94. The molecule has 3 aromatic carbocycles. The number of rotatable bonds is 12. The SMILES string of the molecule is C=C/C(=C\N)c1ccc(/C(C=C)=C/c2c(C)c(C)c(-c3ccc(C(/C=C(C)/C(/C=C\N)=C/C)=C/N)cc3C=C)n2-c2ccccc2)cc1. The molecule has 0 saturated heterocycles. The molecule has 0 saturated carbocycles. The Labute approximate surface area is 286 Å². The molecule has 1 aromatic heterocycles. The maximum atomic E-state index is 6.18. The summed E-state index contributed by atoms with van der Waals surface area (Å²) in [6.45, 7) is 20.7. The molecule has 0 bridgehead atoms. The standard InChI is InChI=1S/C44H46N4/c1-8-33(23-24-45)30(5)25-40(29-47)39-21-22-42(35(10-3)26-39)44-32(7)31(6)43(48(44)41-15-13-12-14-16-41)27-34(9-2)37-17-19-38(20-18-37)36(11-4)28-46/h8-29H,2-4,45-47H2,1,5-7H3/b24-23-,30-25+,33-8+,34-27+,36-28+,40-29+. The predicted octanol–water partition coefficient (Wildman–Crippen LogP) is 10.3. The van der Waals surface area contributed by atoms with Crippen molar-refractivity contribution in [1.29, 1.82) is 0 Å². The smallest absolute Gasteiger partial charge is 0.0572 e. The van der Waals surface area contributed by atoms with Crippen molar-refractivity contribution < 1.29 is 0 Å². The van der Waals surface area contributed by atoms with Crippen molar-refractivity contribution in [2.24, 2.45) is 17.2 Å². The number of hydrogen-bond donors (Lipinski definition) is 3. The van der Waals surface area contributed by atoms with Crippen LogP contribution in [0, 0.1) is 13.8 Å². The van der Waals surface area contributed by atoms with E-state index in [9.17, 15) is 0 Å². The Morgan fingerprint density at radius 2 is 1.33 bits per heavy atom. The fourth-order valence-corrected chi connectivity index (χ4v) is 5.94. The highest BCUT2D eigenvalue weighted by molar-refractivity contribution is 5.91. The average molecular weight is 631 g/mol. The average Bonchev–Trinajstić information content (AvgIpc) is 3.37. The Morgan fingerprint density at radius 3 is 1.88 bits per heavy atom. The summed E-state index contributed by atoms with van der Waals surface area (Å²) < 4.78 is 2.33. The van der Waals surface area contributed by atoms with Crippen LogP contribution in [0.4, 0.5) is 0 Å². The van der Waals surface area contributed by atoms with E-state index in [1.807, 2.05) is 37.3 Å². The van der Waals surface area contributed by atoms with Crippen molar-refractivity contribution in [2.45, 2.75) is 27.7 Å². The maximum absolute atomic E-state index is 6.18. The van der Waals surface area contributed by atoms with Gasteiger partial charge in [0.2, 0.25) is 0 Å². The number of nitrogens with zero attached hydrogens (tertiary/aromatic N) is 1. The van der Waals surface area contributed by atoms with Gasteiger partial charge in [0.1, 0.15) is 0 Å². The van der Waals surface area contributed by atoms with Gasteiger partial charge < -0.3 is 21.8 Å². The molecule has 0 atom stereocenters. The lowest BCUT2D eigenvalue weighted by molar-refractivity contribution is 1.06. The highest BCUT2D eigenvalue weighted by Gasteiger charge is 2.21. The van der Waals surface area contributed by atoms with Gasteiger partial charge in [-0.05, 0) is 132 Å². The molecule has 6 N–H and O–H groups in total. The fourth-order valence-electron chi connectivity index (χ4n) is 5.94. The maximum Gasteiger partial charge on any atom is 0.0572 e. The highest BCUT2D eigenvalue weighted by atomic mass is 15.0. The van der Waals surface area contributed by atoms with E-state index in [0.29, 0.717) is 0 Å². The molecular weight excluding hydrogens is 585 g/mol. The molecule has 0 radical (unpaired) electrons. The largest absolute Gasteiger partial charge is 0.405 e. The number of allylic oxidation sites excluding steroid dienone is 10. The van der Waals surface area contributed by atoms with E-state index in [-0.39, 0.29) is 0 Å². The van der Waals surface area contributed by atoms with Gasteiger partial charge in [0.05, 0.1) is 11.4 Å². The van der Waals surface area contributed by atoms with Crippen molar-refractivity contribution in [3.05, 3.63) is 192 Å². The molecule has 4 nitrogen and oxygen atoms in total. The van der Waals surface area contributed by atoms with Crippen LogP contribution in [0.2, 0.25) is 0 Å². The zero-order valence-electron chi connectivity index (χ0n) is 28.5. The van der Waals surface area contributed by atoms with Crippen LogP contribution in [0.25, 0.3) is 45.8 Å². The first-order valence-electron chi connectivity index (χ1n) is 16.0. The molecule has 4 rings (SSSR count). The molecule has 0 spiro atoms. The minimum atomic E-state index is 0.885. The monoisotopic (exact) mass is 630 g/mol. The Kier molecular flexibility index (Phi) is 11.6. The third-order valence-electron chi connectivity index (χ3n) is 8.70. The van der Waals surface area contributed by atoms with Crippen molar-refractivity contribution in [2.75, 3.05) is 0 Å². The second-order valence-corrected chi connectivity index (χ2v) is 11.4. The summed E-state index contributed by atoms with van der Waals surface area (Å²) in [5.41, 5.74) is 33.3. The van der Waals surface area contributed by atoms with Gasteiger partial charge in [-0.25, -0.2) is 0 Å². The zero-order valence-corrected chi connectivity index (χ0v) is 28.5. The summed E-state index contributed by atoms with van der Waals surface area (Å²) in [4.78, 5) is 0. The first-order valence-corrected chi connectivity index (χ1v) is 16.0. The summed E-state index contributed by atoms with van der Waals surface area (Å²) in [6, 6.07) is 25.2. The number of aromatic nitrogens is 1. The van der Waals surface area contributed by atoms with Gasteiger partial charge >= 0.3 is 0 Å². The highest BCUT2D eigenvalue weighted by Crippen LogP contribution is 2.39. The van der Waals surface area contributed by atoms with Crippen molar-refractivity contribution in [3.8, 4) is 16.9 Å². The van der Waals surface area contributed by atoms with Gasteiger partial charge in [0.15, 0.2) is 0 Å². The van der Waals surface area contributed by atoms with Gasteiger partial charge in [-0.3, -0.25) is 0 Å². The van der Waals surface area contributed by atoms with E-state index in [4.69, 9.17) is 17.2 Å². The van der Waals surface area contributed by atoms with Crippen LogP contribution in [0.15, 0.2) is 153 Å². The second kappa shape index (κ2) is 16.0. The predicted molar refractivity (Wildman–Crippen MR) is 211 cm³/mol. The van der Waals surface area contributed by atoms with Crippen molar-refractivity contribution in [1.82, 2.24) is 4.57 Å². The minimum Gasteiger partial charge on any atom is -0.405 e. The first-order chi connectivity index (χ1) is 23.3. The Hall–Kier alpha value is -6.00. The molecule has 0 aliphatic heterocycles. The molecule has 0 aliphatic carbocycles. The topological polar surface area (TPSA) is 83.0 Å². The molecule has 48 heavy (non-hydrogen) atoms. The Bertz CT molecular complexity index is 2000. The summed E-state index contributed by atoms with van der Waals surface area (Å²) in [7, 11) is 0. The quantitative estimate of drug-likeness (QED) is 0.136. The van der Waals surface area contributed by atoms with Crippen LogP contribution in [-0.2, 0) is 0 Å². The summed E-state index contributed by atoms with van der Waals surface area (Å²) in [5, 5.41) is 0. The lowest BCUT2D eigenvalue weighted by Gasteiger charge is -2.17.